The minimum absolute atomic E-state index is 0.0599. The van der Waals surface area contributed by atoms with E-state index in [-0.39, 0.29) is 24.3 Å². The van der Waals surface area contributed by atoms with Crippen molar-refractivity contribution in [3.63, 3.8) is 0 Å². The van der Waals surface area contributed by atoms with Crippen molar-refractivity contribution in [1.29, 1.82) is 0 Å². The molecule has 30 heavy (non-hydrogen) atoms. The first kappa shape index (κ1) is 21.8. The van der Waals surface area contributed by atoms with Crippen LogP contribution >= 0.6 is 0 Å². The molecule has 2 fully saturated rings. The number of carboxylic acid groups (broad SMARTS) is 1. The van der Waals surface area contributed by atoms with Crippen LogP contribution in [0.15, 0.2) is 24.3 Å². The first-order valence-electron chi connectivity index (χ1n) is 10.6. The fourth-order valence-electron chi connectivity index (χ4n) is 4.20. The van der Waals surface area contributed by atoms with E-state index in [9.17, 15) is 14.4 Å². The lowest BCUT2D eigenvalue weighted by molar-refractivity contribution is -0.139. The summed E-state index contributed by atoms with van der Waals surface area (Å²) in [5, 5.41) is 15.0. The van der Waals surface area contributed by atoms with E-state index in [4.69, 9.17) is 11.5 Å². The number of nitrogens with zero attached hydrogens (tertiary/aromatic N) is 1. The third-order valence-electron chi connectivity index (χ3n) is 6.00. The summed E-state index contributed by atoms with van der Waals surface area (Å²) in [6.07, 6.45) is 8.72. The van der Waals surface area contributed by atoms with E-state index in [1.165, 1.54) is 5.56 Å². The zero-order chi connectivity index (χ0) is 21.5. The number of carboxylic acids is 1. The Labute approximate surface area is 177 Å². The normalized spacial score (nSPS) is 20.8. The number of amides is 2. The van der Waals surface area contributed by atoms with Gasteiger partial charge < -0.3 is 20.6 Å². The predicted octanol–water partition coefficient (Wildman–Crippen LogP) is 1.46. The van der Waals surface area contributed by atoms with E-state index < -0.39 is 11.9 Å². The molecule has 0 aromatic heterocycles. The average molecular weight is 412 g/mol. The Morgan fingerprint density at radius 3 is 2.73 bits per heavy atom. The van der Waals surface area contributed by atoms with Crippen LogP contribution < -0.4 is 10.6 Å². The van der Waals surface area contributed by atoms with E-state index in [1.54, 1.807) is 4.90 Å². The van der Waals surface area contributed by atoms with Gasteiger partial charge in [-0.15, -0.1) is 6.42 Å². The van der Waals surface area contributed by atoms with Gasteiger partial charge in [0.15, 0.2) is 0 Å². The van der Waals surface area contributed by atoms with Crippen molar-refractivity contribution >= 4 is 17.8 Å². The van der Waals surface area contributed by atoms with Gasteiger partial charge in [0.2, 0.25) is 5.91 Å². The summed E-state index contributed by atoms with van der Waals surface area (Å²) in [5.74, 6) is -0.224. The molecule has 0 bridgehead atoms. The number of likely N-dealkylation sites (tertiary alicyclic amines) is 1. The molecule has 7 nitrogen and oxygen atoms in total. The number of terminal acetylenes is 1. The molecule has 2 amide bonds. The number of carbonyl (C=O) groups is 3. The standard InChI is InChI=1S/C23H29N3O4/c1-2-16(23(29)30)14-25-21(27)20-7-4-12-26(15-20)22(28)19-6-3-5-18(13-19)17-8-10-24-11-9-17/h1,3,5-6,13,16-17,20,24H,4,7-12,14-15H2,(H,25,27)(H,29,30)/t16-,20+/m0/s1. The number of hydrogen-bond donors (Lipinski definition) is 3. The first-order chi connectivity index (χ1) is 14.5. The molecule has 0 radical (unpaired) electrons. The van der Waals surface area contributed by atoms with Crippen molar-refractivity contribution in [1.82, 2.24) is 15.5 Å². The minimum Gasteiger partial charge on any atom is -0.480 e. The number of benzene rings is 1. The smallest absolute Gasteiger partial charge is 0.320 e. The Kier molecular flexibility index (Phi) is 7.47. The molecular formula is C23H29N3O4. The van der Waals surface area contributed by atoms with Crippen LogP contribution in [0.2, 0.25) is 0 Å². The third-order valence-corrected chi connectivity index (χ3v) is 6.00. The fraction of sp³-hybridized carbons (Fsp3) is 0.522. The second kappa shape index (κ2) is 10.3. The summed E-state index contributed by atoms with van der Waals surface area (Å²) in [6.45, 7) is 2.83. The summed E-state index contributed by atoms with van der Waals surface area (Å²) >= 11 is 0. The van der Waals surface area contributed by atoms with Crippen LogP contribution in [0.5, 0.6) is 0 Å². The van der Waals surface area contributed by atoms with Gasteiger partial charge in [0.05, 0.1) is 5.92 Å². The van der Waals surface area contributed by atoms with Gasteiger partial charge in [-0.2, -0.15) is 0 Å². The van der Waals surface area contributed by atoms with E-state index in [1.807, 2.05) is 18.2 Å². The SMILES string of the molecule is C#C[C@@H](CNC(=O)[C@@H]1CCCN(C(=O)c2cccc(C3CCNCC3)c2)C1)C(=O)O. The maximum atomic E-state index is 13.1. The van der Waals surface area contributed by atoms with Crippen molar-refractivity contribution < 1.29 is 19.5 Å². The van der Waals surface area contributed by atoms with Gasteiger partial charge in [-0.3, -0.25) is 14.4 Å². The maximum Gasteiger partial charge on any atom is 0.320 e. The Morgan fingerprint density at radius 1 is 1.27 bits per heavy atom. The summed E-state index contributed by atoms with van der Waals surface area (Å²) in [5.41, 5.74) is 1.85. The van der Waals surface area contributed by atoms with Gasteiger partial charge in [-0.1, -0.05) is 18.1 Å². The van der Waals surface area contributed by atoms with Crippen molar-refractivity contribution in [3.8, 4) is 12.3 Å². The lowest BCUT2D eigenvalue weighted by atomic mass is 9.89. The maximum absolute atomic E-state index is 13.1. The molecule has 2 aliphatic heterocycles. The van der Waals surface area contributed by atoms with Crippen molar-refractivity contribution in [3.05, 3.63) is 35.4 Å². The lowest BCUT2D eigenvalue weighted by Gasteiger charge is -2.32. The number of aliphatic carboxylic acids is 1. The van der Waals surface area contributed by atoms with E-state index in [0.29, 0.717) is 31.0 Å². The second-order valence-electron chi connectivity index (χ2n) is 8.04. The summed E-state index contributed by atoms with van der Waals surface area (Å²) < 4.78 is 0. The van der Waals surface area contributed by atoms with Crippen molar-refractivity contribution in [2.45, 2.75) is 31.6 Å². The third kappa shape index (κ3) is 5.39. The average Bonchev–Trinajstić information content (AvgIpc) is 2.79. The Balaban J connectivity index is 1.61. The van der Waals surface area contributed by atoms with E-state index in [2.05, 4.69) is 22.6 Å². The van der Waals surface area contributed by atoms with Gasteiger partial charge in [0.25, 0.3) is 5.91 Å². The van der Waals surface area contributed by atoms with Crippen LogP contribution in [0, 0.1) is 24.2 Å². The monoisotopic (exact) mass is 411 g/mol. The van der Waals surface area contributed by atoms with Crippen LogP contribution in [-0.2, 0) is 9.59 Å². The number of hydrogen-bond acceptors (Lipinski definition) is 4. The first-order valence-corrected chi connectivity index (χ1v) is 10.6. The Hall–Kier alpha value is -2.85. The molecule has 0 unspecified atom stereocenters. The molecule has 3 N–H and O–H groups in total. The molecule has 2 aliphatic rings. The molecule has 7 heteroatoms. The zero-order valence-electron chi connectivity index (χ0n) is 17.1. The Morgan fingerprint density at radius 2 is 2.03 bits per heavy atom. The summed E-state index contributed by atoms with van der Waals surface area (Å²) in [6, 6.07) is 7.85. The highest BCUT2D eigenvalue weighted by Gasteiger charge is 2.30. The predicted molar refractivity (Wildman–Crippen MR) is 113 cm³/mol. The van der Waals surface area contributed by atoms with Crippen molar-refractivity contribution in [2.75, 3.05) is 32.7 Å². The second-order valence-corrected chi connectivity index (χ2v) is 8.04. The number of rotatable bonds is 6. The minimum atomic E-state index is -1.13. The Bertz CT molecular complexity index is 826. The van der Waals surface area contributed by atoms with Gasteiger partial charge >= 0.3 is 5.97 Å². The van der Waals surface area contributed by atoms with Crippen LogP contribution in [0.4, 0.5) is 0 Å². The summed E-state index contributed by atoms with van der Waals surface area (Å²) in [4.78, 5) is 38.3. The zero-order valence-corrected chi connectivity index (χ0v) is 17.1. The van der Waals surface area contributed by atoms with Gasteiger partial charge in [-0.05, 0) is 62.4 Å². The van der Waals surface area contributed by atoms with Gasteiger partial charge in [0, 0.05) is 25.2 Å². The highest BCUT2D eigenvalue weighted by atomic mass is 16.4. The van der Waals surface area contributed by atoms with Gasteiger partial charge in [0.1, 0.15) is 5.92 Å². The molecule has 0 saturated carbocycles. The molecule has 0 spiro atoms. The highest BCUT2D eigenvalue weighted by Crippen LogP contribution is 2.27. The van der Waals surface area contributed by atoms with Crippen LogP contribution in [-0.4, -0.2) is 60.5 Å². The van der Waals surface area contributed by atoms with Crippen molar-refractivity contribution in [2.24, 2.45) is 11.8 Å². The number of piperidine rings is 2. The van der Waals surface area contributed by atoms with Crippen LogP contribution in [0.1, 0.15) is 47.5 Å². The highest BCUT2D eigenvalue weighted by molar-refractivity contribution is 5.95. The number of nitrogens with one attached hydrogen (secondary N) is 2. The summed E-state index contributed by atoms with van der Waals surface area (Å²) in [7, 11) is 0. The lowest BCUT2D eigenvalue weighted by Crippen LogP contribution is -2.46. The molecule has 3 rings (SSSR count). The molecule has 2 saturated heterocycles. The molecule has 2 atom stereocenters. The van der Waals surface area contributed by atoms with Crippen LogP contribution in [0.25, 0.3) is 0 Å². The largest absolute Gasteiger partial charge is 0.480 e. The molecule has 1 aromatic carbocycles. The topological polar surface area (TPSA) is 98.7 Å². The van der Waals surface area contributed by atoms with Gasteiger partial charge in [-0.25, -0.2) is 0 Å². The van der Waals surface area contributed by atoms with E-state index >= 15 is 0 Å². The molecule has 160 valence electrons. The quantitative estimate of drug-likeness (QED) is 0.616. The fourth-order valence-corrected chi connectivity index (χ4v) is 4.20. The van der Waals surface area contributed by atoms with E-state index in [0.717, 1.165) is 32.4 Å². The van der Waals surface area contributed by atoms with Crippen LogP contribution in [0.3, 0.4) is 0 Å². The molecular weight excluding hydrogens is 382 g/mol. The molecule has 0 aliphatic carbocycles. The molecule has 2 heterocycles. The number of carbonyl (C=O) groups excluding carboxylic acids is 2. The molecule has 1 aromatic rings.